The summed E-state index contributed by atoms with van der Waals surface area (Å²) in [4.78, 5) is 11.3. The SMILES string of the molecule is CC.COc1ccc(C(=O)OCCBr)cc1. The zero-order chi connectivity index (χ0) is 12.4. The van der Waals surface area contributed by atoms with Gasteiger partial charge in [-0.2, -0.15) is 0 Å². The number of rotatable bonds is 4. The summed E-state index contributed by atoms with van der Waals surface area (Å²) in [6.45, 7) is 4.38. The van der Waals surface area contributed by atoms with Crippen LogP contribution in [0.3, 0.4) is 0 Å². The third-order valence-corrected chi connectivity index (χ3v) is 1.96. The highest BCUT2D eigenvalue weighted by atomic mass is 79.9. The smallest absolute Gasteiger partial charge is 0.338 e. The van der Waals surface area contributed by atoms with E-state index in [-0.39, 0.29) is 5.97 Å². The van der Waals surface area contributed by atoms with Crippen molar-refractivity contribution in [1.82, 2.24) is 0 Å². The monoisotopic (exact) mass is 288 g/mol. The molecule has 0 radical (unpaired) electrons. The summed E-state index contributed by atoms with van der Waals surface area (Å²) in [6.07, 6.45) is 0. The lowest BCUT2D eigenvalue weighted by Gasteiger charge is -2.03. The number of alkyl halides is 1. The number of hydrogen-bond acceptors (Lipinski definition) is 3. The Morgan fingerprint density at radius 3 is 2.25 bits per heavy atom. The average molecular weight is 289 g/mol. The number of halogens is 1. The van der Waals surface area contributed by atoms with Crippen LogP contribution >= 0.6 is 15.9 Å². The number of ether oxygens (including phenoxy) is 2. The first-order valence-corrected chi connectivity index (χ1v) is 6.27. The van der Waals surface area contributed by atoms with Crippen LogP contribution in [-0.4, -0.2) is 25.0 Å². The maximum atomic E-state index is 11.3. The molecule has 16 heavy (non-hydrogen) atoms. The van der Waals surface area contributed by atoms with Gasteiger partial charge >= 0.3 is 5.97 Å². The molecule has 3 nitrogen and oxygen atoms in total. The van der Waals surface area contributed by atoms with Crippen molar-refractivity contribution in [2.45, 2.75) is 13.8 Å². The second kappa shape index (κ2) is 9.21. The lowest BCUT2D eigenvalue weighted by atomic mass is 10.2. The second-order valence-electron chi connectivity index (χ2n) is 2.55. The Labute approximate surface area is 105 Å². The van der Waals surface area contributed by atoms with E-state index in [9.17, 15) is 4.79 Å². The number of benzene rings is 1. The molecule has 0 bridgehead atoms. The fourth-order valence-electron chi connectivity index (χ4n) is 0.942. The van der Waals surface area contributed by atoms with E-state index in [1.807, 2.05) is 13.8 Å². The van der Waals surface area contributed by atoms with E-state index in [0.717, 1.165) is 5.75 Å². The lowest BCUT2D eigenvalue weighted by molar-refractivity contribution is 0.0531. The van der Waals surface area contributed by atoms with Gasteiger partial charge in [-0.05, 0) is 24.3 Å². The van der Waals surface area contributed by atoms with E-state index in [0.29, 0.717) is 17.5 Å². The molecular formula is C12H17BrO3. The highest BCUT2D eigenvalue weighted by molar-refractivity contribution is 9.09. The molecule has 4 heteroatoms. The van der Waals surface area contributed by atoms with Crippen molar-refractivity contribution in [2.75, 3.05) is 19.0 Å². The van der Waals surface area contributed by atoms with Gasteiger partial charge in [-0.1, -0.05) is 29.8 Å². The van der Waals surface area contributed by atoms with Gasteiger partial charge in [-0.15, -0.1) is 0 Å². The predicted molar refractivity (Wildman–Crippen MR) is 68.4 cm³/mol. The first-order chi connectivity index (χ1) is 7.77. The molecule has 0 heterocycles. The normalized spacial score (nSPS) is 8.75. The number of carbonyl (C=O) groups excluding carboxylic acids is 1. The molecule has 0 aromatic heterocycles. The summed E-state index contributed by atoms with van der Waals surface area (Å²) >= 11 is 3.18. The van der Waals surface area contributed by atoms with Gasteiger partial charge in [0.2, 0.25) is 0 Å². The Morgan fingerprint density at radius 2 is 1.81 bits per heavy atom. The summed E-state index contributed by atoms with van der Waals surface area (Å²) in [5, 5.41) is 0.648. The molecule has 0 atom stereocenters. The molecule has 0 N–H and O–H groups in total. The van der Waals surface area contributed by atoms with E-state index in [2.05, 4.69) is 15.9 Å². The molecule has 1 rings (SSSR count). The minimum Gasteiger partial charge on any atom is -0.497 e. The van der Waals surface area contributed by atoms with Crippen LogP contribution in [-0.2, 0) is 4.74 Å². The van der Waals surface area contributed by atoms with Crippen molar-refractivity contribution in [1.29, 1.82) is 0 Å². The minimum absolute atomic E-state index is 0.313. The maximum Gasteiger partial charge on any atom is 0.338 e. The third kappa shape index (κ3) is 5.16. The van der Waals surface area contributed by atoms with Crippen molar-refractivity contribution >= 4 is 21.9 Å². The molecule has 0 aliphatic carbocycles. The van der Waals surface area contributed by atoms with Crippen LogP contribution in [0.2, 0.25) is 0 Å². The van der Waals surface area contributed by atoms with Crippen molar-refractivity contribution < 1.29 is 14.3 Å². The topological polar surface area (TPSA) is 35.5 Å². The Morgan fingerprint density at radius 1 is 1.25 bits per heavy atom. The first kappa shape index (κ1) is 15.0. The van der Waals surface area contributed by atoms with Gasteiger partial charge < -0.3 is 9.47 Å². The van der Waals surface area contributed by atoms with Gasteiger partial charge in [0.05, 0.1) is 12.7 Å². The summed E-state index contributed by atoms with van der Waals surface area (Å²) in [5.41, 5.74) is 0.534. The molecule has 0 amide bonds. The number of carbonyl (C=O) groups is 1. The molecule has 0 saturated heterocycles. The van der Waals surface area contributed by atoms with Crippen LogP contribution in [0.15, 0.2) is 24.3 Å². The zero-order valence-electron chi connectivity index (χ0n) is 9.83. The van der Waals surface area contributed by atoms with Crippen LogP contribution in [0, 0.1) is 0 Å². The minimum atomic E-state index is -0.313. The van der Waals surface area contributed by atoms with E-state index in [1.54, 1.807) is 31.4 Å². The molecular weight excluding hydrogens is 272 g/mol. The van der Waals surface area contributed by atoms with Crippen molar-refractivity contribution in [2.24, 2.45) is 0 Å². The summed E-state index contributed by atoms with van der Waals surface area (Å²) in [5.74, 6) is 0.411. The van der Waals surface area contributed by atoms with Crippen LogP contribution in [0.1, 0.15) is 24.2 Å². The van der Waals surface area contributed by atoms with Gasteiger partial charge in [-0.3, -0.25) is 0 Å². The van der Waals surface area contributed by atoms with Crippen molar-refractivity contribution in [3.05, 3.63) is 29.8 Å². The van der Waals surface area contributed by atoms with Crippen molar-refractivity contribution in [3.63, 3.8) is 0 Å². The van der Waals surface area contributed by atoms with Gasteiger partial charge in [0.25, 0.3) is 0 Å². The van der Waals surface area contributed by atoms with Gasteiger partial charge in [0.1, 0.15) is 12.4 Å². The fourth-order valence-corrected chi connectivity index (χ4v) is 1.10. The summed E-state index contributed by atoms with van der Waals surface area (Å²) in [7, 11) is 1.58. The molecule has 0 saturated carbocycles. The highest BCUT2D eigenvalue weighted by Crippen LogP contribution is 2.11. The van der Waals surface area contributed by atoms with Gasteiger partial charge in [0.15, 0.2) is 0 Å². The van der Waals surface area contributed by atoms with Crippen molar-refractivity contribution in [3.8, 4) is 5.75 Å². The van der Waals surface area contributed by atoms with Crippen LogP contribution in [0.25, 0.3) is 0 Å². The van der Waals surface area contributed by atoms with Crippen LogP contribution in [0.4, 0.5) is 0 Å². The second-order valence-corrected chi connectivity index (χ2v) is 3.35. The lowest BCUT2D eigenvalue weighted by Crippen LogP contribution is -2.06. The zero-order valence-corrected chi connectivity index (χ0v) is 11.4. The summed E-state index contributed by atoms with van der Waals surface area (Å²) in [6, 6.07) is 6.81. The predicted octanol–water partition coefficient (Wildman–Crippen LogP) is 3.27. The van der Waals surface area contributed by atoms with Gasteiger partial charge in [-0.25, -0.2) is 4.79 Å². The molecule has 0 aliphatic heterocycles. The molecule has 1 aromatic rings. The van der Waals surface area contributed by atoms with E-state index in [1.165, 1.54) is 0 Å². The molecule has 0 unspecified atom stereocenters. The van der Waals surface area contributed by atoms with Gasteiger partial charge in [0, 0.05) is 5.33 Å². The fraction of sp³-hybridized carbons (Fsp3) is 0.417. The van der Waals surface area contributed by atoms with E-state index < -0.39 is 0 Å². The van der Waals surface area contributed by atoms with Crippen LogP contribution in [0.5, 0.6) is 5.75 Å². The Bertz CT molecular complexity index is 296. The number of methoxy groups -OCH3 is 1. The molecule has 0 aliphatic rings. The average Bonchev–Trinajstić information content (AvgIpc) is 2.38. The Kier molecular flexibility index (Phi) is 8.62. The highest BCUT2D eigenvalue weighted by Gasteiger charge is 2.05. The maximum absolute atomic E-state index is 11.3. The first-order valence-electron chi connectivity index (χ1n) is 5.15. The number of hydrogen-bond donors (Lipinski definition) is 0. The standard InChI is InChI=1S/C10H11BrO3.C2H6/c1-13-9-4-2-8(3-5-9)10(12)14-7-6-11;1-2/h2-5H,6-7H2,1H3;1-2H3. The largest absolute Gasteiger partial charge is 0.497 e. The molecule has 1 aromatic carbocycles. The van der Waals surface area contributed by atoms with E-state index >= 15 is 0 Å². The molecule has 0 fully saturated rings. The van der Waals surface area contributed by atoms with Crippen LogP contribution < -0.4 is 4.74 Å². The Hall–Kier alpha value is -1.03. The molecule has 90 valence electrons. The Balaban J connectivity index is 0.00000106. The molecule has 0 spiro atoms. The summed E-state index contributed by atoms with van der Waals surface area (Å²) < 4.78 is 9.89. The van der Waals surface area contributed by atoms with E-state index in [4.69, 9.17) is 9.47 Å². The number of esters is 1. The quantitative estimate of drug-likeness (QED) is 0.630. The third-order valence-electron chi connectivity index (χ3n) is 1.64.